The Morgan fingerprint density at radius 1 is 0.682 bits per heavy atom. The summed E-state index contributed by atoms with van der Waals surface area (Å²) in [5.74, 6) is 0.898. The molecule has 0 saturated carbocycles. The van der Waals surface area contributed by atoms with Gasteiger partial charge in [0.15, 0.2) is 0 Å². The van der Waals surface area contributed by atoms with Gasteiger partial charge in [-0.2, -0.15) is 0 Å². The number of hydrogen-bond acceptors (Lipinski definition) is 8. The first-order chi connectivity index (χ1) is 20.8. The van der Waals surface area contributed by atoms with Crippen molar-refractivity contribution in [3.05, 3.63) is 95.7 Å². The van der Waals surface area contributed by atoms with Gasteiger partial charge in [0.05, 0.1) is 16.5 Å². The molecule has 0 unspecified atom stereocenters. The number of likely N-dealkylation sites (N-methyl/N-ethyl adjacent to an activating group) is 2. The molecule has 0 fully saturated rings. The number of pyridine rings is 4. The van der Waals surface area contributed by atoms with Gasteiger partial charge in [0.1, 0.15) is 17.5 Å². The van der Waals surface area contributed by atoms with Crippen molar-refractivity contribution in [2.75, 3.05) is 34.5 Å². The molecular formula is C32H32N8O4. The molecule has 0 aromatic carbocycles. The van der Waals surface area contributed by atoms with Crippen LogP contribution in [0.25, 0.3) is 0 Å². The topological polar surface area (TPSA) is 150 Å². The van der Waals surface area contributed by atoms with Crippen molar-refractivity contribution in [2.45, 2.75) is 38.5 Å². The molecule has 4 aromatic rings. The molecule has 44 heavy (non-hydrogen) atoms. The summed E-state index contributed by atoms with van der Waals surface area (Å²) in [6.45, 7) is 7.48. The summed E-state index contributed by atoms with van der Waals surface area (Å²) < 4.78 is 0. The van der Waals surface area contributed by atoms with Gasteiger partial charge in [-0.05, 0) is 58.0 Å². The second-order valence-electron chi connectivity index (χ2n) is 11.5. The highest BCUT2D eigenvalue weighted by Gasteiger charge is 2.44. The van der Waals surface area contributed by atoms with Crippen molar-refractivity contribution >= 4 is 46.8 Å². The van der Waals surface area contributed by atoms with Crippen LogP contribution < -0.4 is 20.4 Å². The summed E-state index contributed by atoms with van der Waals surface area (Å²) in [7, 11) is 3.42. The van der Waals surface area contributed by atoms with Crippen molar-refractivity contribution < 1.29 is 19.2 Å². The van der Waals surface area contributed by atoms with E-state index in [2.05, 4.69) is 30.6 Å². The van der Waals surface area contributed by atoms with Crippen LogP contribution in [0.4, 0.5) is 23.1 Å². The molecule has 12 nitrogen and oxygen atoms in total. The van der Waals surface area contributed by atoms with Gasteiger partial charge >= 0.3 is 0 Å². The van der Waals surface area contributed by atoms with Gasteiger partial charge in [-0.15, -0.1) is 0 Å². The van der Waals surface area contributed by atoms with Crippen LogP contribution in [-0.2, 0) is 20.4 Å². The molecule has 6 rings (SSSR count). The first-order valence-electron chi connectivity index (χ1n) is 13.8. The van der Waals surface area contributed by atoms with Crippen LogP contribution in [0.1, 0.15) is 59.5 Å². The smallest absolute Gasteiger partial charge is 0.256 e. The van der Waals surface area contributed by atoms with E-state index in [1.54, 1.807) is 86.4 Å². The fraction of sp³-hybridized carbons (Fsp3) is 0.250. The molecule has 4 amide bonds. The first kappa shape index (κ1) is 30.0. The number of hydrogen-bond donors (Lipinski definition) is 2. The van der Waals surface area contributed by atoms with E-state index in [-0.39, 0.29) is 23.6 Å². The van der Waals surface area contributed by atoms with Crippen LogP contribution in [0.2, 0.25) is 0 Å². The van der Waals surface area contributed by atoms with E-state index in [0.29, 0.717) is 28.6 Å². The summed E-state index contributed by atoms with van der Waals surface area (Å²) in [5.41, 5.74) is 2.32. The number of fused-ring (bicyclic) bond motifs is 2. The lowest BCUT2D eigenvalue weighted by molar-refractivity contribution is -0.122. The molecule has 2 aliphatic rings. The Morgan fingerprint density at radius 3 is 1.75 bits per heavy atom. The third-order valence-corrected chi connectivity index (χ3v) is 7.83. The number of anilines is 4. The van der Waals surface area contributed by atoms with E-state index >= 15 is 0 Å². The van der Waals surface area contributed by atoms with Gasteiger partial charge in [0.25, 0.3) is 11.8 Å². The Kier molecular flexibility index (Phi) is 7.68. The molecule has 2 N–H and O–H groups in total. The Labute approximate surface area is 254 Å². The second-order valence-corrected chi connectivity index (χ2v) is 11.5. The standard InChI is InChI=1S/2C16H16N4O2/c1-16(2)11-9-18-13(8-12(11)20(3)15(16)22)19-14(21)10-4-6-17-7-5-10;1-16(2)11-4-5-12(18-13(11)20(3)15(16)22)19-14(21)10-6-8-17-9-7-10/h2*4-9H,1-3H3,(H,18,19,21). The third-order valence-electron chi connectivity index (χ3n) is 7.83. The number of nitrogens with one attached hydrogen (secondary N) is 2. The molecular weight excluding hydrogens is 560 g/mol. The summed E-state index contributed by atoms with van der Waals surface area (Å²) in [6.07, 6.45) is 7.87. The van der Waals surface area contributed by atoms with Crippen LogP contribution in [0.15, 0.2) is 73.4 Å². The van der Waals surface area contributed by atoms with Crippen LogP contribution in [-0.4, -0.2) is 57.7 Å². The summed E-state index contributed by atoms with van der Waals surface area (Å²) in [6, 6.07) is 11.8. The highest BCUT2D eigenvalue weighted by molar-refractivity contribution is 6.09. The molecule has 224 valence electrons. The van der Waals surface area contributed by atoms with Crippen LogP contribution in [0.5, 0.6) is 0 Å². The molecule has 0 saturated heterocycles. The van der Waals surface area contributed by atoms with E-state index in [1.165, 1.54) is 4.90 Å². The van der Waals surface area contributed by atoms with E-state index in [4.69, 9.17) is 0 Å². The van der Waals surface area contributed by atoms with Crippen LogP contribution in [0, 0.1) is 0 Å². The number of rotatable bonds is 4. The SMILES string of the molecule is CN1C(=O)C(C)(C)c2ccc(NC(=O)c3ccncc3)nc21.CN1C(=O)C(C)(C)c2cnc(NC(=O)c3ccncc3)cc21. The minimum Gasteiger partial charge on any atom is -0.314 e. The highest BCUT2D eigenvalue weighted by Crippen LogP contribution is 2.41. The van der Waals surface area contributed by atoms with Gasteiger partial charge in [-0.3, -0.25) is 34.0 Å². The normalized spacial score (nSPS) is 15.6. The number of amides is 4. The maximum absolute atomic E-state index is 12.2. The van der Waals surface area contributed by atoms with Crippen molar-refractivity contribution in [3.8, 4) is 0 Å². The van der Waals surface area contributed by atoms with Crippen molar-refractivity contribution in [1.82, 2.24) is 19.9 Å². The maximum atomic E-state index is 12.2. The van der Waals surface area contributed by atoms with E-state index < -0.39 is 10.8 Å². The average molecular weight is 593 g/mol. The predicted octanol–water partition coefficient (Wildman–Crippen LogP) is 3.97. The fourth-order valence-electron chi connectivity index (χ4n) is 5.19. The quantitative estimate of drug-likeness (QED) is 0.361. The Hall–Kier alpha value is -5.52. The summed E-state index contributed by atoms with van der Waals surface area (Å²) in [5, 5.41) is 5.47. The van der Waals surface area contributed by atoms with Crippen LogP contribution >= 0.6 is 0 Å². The molecule has 0 bridgehead atoms. The number of carbonyl (C=O) groups is 4. The maximum Gasteiger partial charge on any atom is 0.256 e. The van der Waals surface area contributed by atoms with Gasteiger partial charge in [-0.25, -0.2) is 9.97 Å². The third kappa shape index (κ3) is 5.37. The van der Waals surface area contributed by atoms with E-state index in [9.17, 15) is 19.2 Å². The molecule has 0 atom stereocenters. The van der Waals surface area contributed by atoms with Crippen LogP contribution in [0.3, 0.4) is 0 Å². The largest absolute Gasteiger partial charge is 0.314 e. The van der Waals surface area contributed by atoms with Crippen molar-refractivity contribution in [1.29, 1.82) is 0 Å². The zero-order valence-corrected chi connectivity index (χ0v) is 25.2. The Bertz CT molecular complexity index is 1640. The molecule has 12 heteroatoms. The van der Waals surface area contributed by atoms with Gasteiger partial charge < -0.3 is 15.5 Å². The van der Waals surface area contributed by atoms with Gasteiger partial charge in [0, 0.05) is 73.4 Å². The van der Waals surface area contributed by atoms with Crippen molar-refractivity contribution in [2.24, 2.45) is 0 Å². The van der Waals surface area contributed by atoms with Gasteiger partial charge in [0.2, 0.25) is 11.8 Å². The fourth-order valence-corrected chi connectivity index (χ4v) is 5.19. The van der Waals surface area contributed by atoms with E-state index in [1.807, 2.05) is 33.8 Å². The predicted molar refractivity (Wildman–Crippen MR) is 166 cm³/mol. The monoisotopic (exact) mass is 592 g/mol. The summed E-state index contributed by atoms with van der Waals surface area (Å²) in [4.78, 5) is 68.3. The first-order valence-corrected chi connectivity index (χ1v) is 13.8. The second kappa shape index (κ2) is 11.3. The highest BCUT2D eigenvalue weighted by atomic mass is 16.2. The van der Waals surface area contributed by atoms with Crippen molar-refractivity contribution in [3.63, 3.8) is 0 Å². The number of aromatic nitrogens is 4. The average Bonchev–Trinajstić information content (AvgIpc) is 3.31. The number of nitrogens with zero attached hydrogens (tertiary/aromatic N) is 6. The Morgan fingerprint density at radius 2 is 1.18 bits per heavy atom. The molecule has 0 spiro atoms. The number of carbonyl (C=O) groups excluding carboxylic acids is 4. The van der Waals surface area contributed by atoms with Gasteiger partial charge in [-0.1, -0.05) is 6.07 Å². The lowest BCUT2D eigenvalue weighted by atomic mass is 9.87. The molecule has 2 aliphatic heterocycles. The summed E-state index contributed by atoms with van der Waals surface area (Å²) >= 11 is 0. The Balaban J connectivity index is 0.000000175. The molecule has 0 radical (unpaired) electrons. The molecule has 0 aliphatic carbocycles. The minimum atomic E-state index is -0.593. The zero-order chi connectivity index (χ0) is 31.8. The lowest BCUT2D eigenvalue weighted by Crippen LogP contribution is -2.33. The molecule has 4 aromatic heterocycles. The minimum absolute atomic E-state index is 0.00684. The van der Waals surface area contributed by atoms with E-state index in [0.717, 1.165) is 16.8 Å². The zero-order valence-electron chi connectivity index (χ0n) is 25.2. The lowest BCUT2D eigenvalue weighted by Gasteiger charge is -2.15. The molecule has 6 heterocycles.